The zero-order chi connectivity index (χ0) is 15.0. The summed E-state index contributed by atoms with van der Waals surface area (Å²) in [5.74, 6) is 0.743. The SMILES string of the molecule is COc1cc(-c2cnc3[nH]cc(C)c3n2)cc(O)c1OC. The van der Waals surface area contributed by atoms with Crippen LogP contribution in [0.4, 0.5) is 0 Å². The Bertz CT molecular complexity index is 811. The van der Waals surface area contributed by atoms with Crippen LogP contribution in [0.3, 0.4) is 0 Å². The topological polar surface area (TPSA) is 80.3 Å². The number of methoxy groups -OCH3 is 2. The van der Waals surface area contributed by atoms with Crippen LogP contribution in [0.5, 0.6) is 17.2 Å². The number of ether oxygens (including phenoxy) is 2. The van der Waals surface area contributed by atoms with Crippen LogP contribution < -0.4 is 9.47 Å². The van der Waals surface area contributed by atoms with Crippen LogP contribution in [-0.2, 0) is 0 Å². The largest absolute Gasteiger partial charge is 0.504 e. The standard InChI is InChI=1S/C15H15N3O3/c1-8-6-16-15-13(8)18-10(7-17-15)9-4-11(19)14(21-3)12(5-9)20-2/h4-7,19H,1-3H3,(H,16,17). The number of H-pyrrole nitrogens is 1. The van der Waals surface area contributed by atoms with Crippen molar-refractivity contribution >= 4 is 11.2 Å². The number of benzene rings is 1. The third-order valence-electron chi connectivity index (χ3n) is 3.33. The Morgan fingerprint density at radius 1 is 1.19 bits per heavy atom. The van der Waals surface area contributed by atoms with Gasteiger partial charge in [-0.15, -0.1) is 0 Å². The molecule has 0 spiro atoms. The molecule has 0 unspecified atom stereocenters. The molecule has 0 saturated carbocycles. The Hall–Kier alpha value is -2.76. The third-order valence-corrected chi connectivity index (χ3v) is 3.33. The molecule has 0 bridgehead atoms. The maximum Gasteiger partial charge on any atom is 0.203 e. The van der Waals surface area contributed by atoms with E-state index in [1.54, 1.807) is 18.3 Å². The molecule has 0 radical (unpaired) electrons. The van der Waals surface area contributed by atoms with E-state index in [9.17, 15) is 5.11 Å². The lowest BCUT2D eigenvalue weighted by Gasteiger charge is -2.11. The number of fused-ring (bicyclic) bond motifs is 1. The van der Waals surface area contributed by atoms with Crippen molar-refractivity contribution in [2.24, 2.45) is 0 Å². The van der Waals surface area contributed by atoms with Crippen molar-refractivity contribution in [2.75, 3.05) is 14.2 Å². The fourth-order valence-corrected chi connectivity index (χ4v) is 2.25. The van der Waals surface area contributed by atoms with Gasteiger partial charge < -0.3 is 19.6 Å². The summed E-state index contributed by atoms with van der Waals surface area (Å²) in [5, 5.41) is 10.0. The molecule has 2 N–H and O–H groups in total. The lowest BCUT2D eigenvalue weighted by molar-refractivity contribution is 0.333. The summed E-state index contributed by atoms with van der Waals surface area (Å²) in [6, 6.07) is 3.34. The van der Waals surface area contributed by atoms with Gasteiger partial charge in [0.05, 0.1) is 26.1 Å². The Kier molecular flexibility index (Phi) is 3.13. The molecule has 0 fully saturated rings. The highest BCUT2D eigenvalue weighted by molar-refractivity contribution is 5.78. The maximum atomic E-state index is 10.0. The van der Waals surface area contributed by atoms with E-state index in [0.717, 1.165) is 16.7 Å². The fourth-order valence-electron chi connectivity index (χ4n) is 2.25. The normalized spacial score (nSPS) is 10.8. The van der Waals surface area contributed by atoms with Gasteiger partial charge >= 0.3 is 0 Å². The lowest BCUT2D eigenvalue weighted by atomic mass is 10.1. The van der Waals surface area contributed by atoms with Crippen molar-refractivity contribution in [3.8, 4) is 28.5 Å². The number of aromatic nitrogens is 3. The molecule has 1 aromatic carbocycles. The molecule has 3 aromatic rings. The van der Waals surface area contributed by atoms with Crippen molar-refractivity contribution < 1.29 is 14.6 Å². The molecule has 2 aromatic heterocycles. The molecule has 6 heteroatoms. The molecule has 0 atom stereocenters. The van der Waals surface area contributed by atoms with Crippen LogP contribution in [-0.4, -0.2) is 34.3 Å². The van der Waals surface area contributed by atoms with Crippen molar-refractivity contribution in [2.45, 2.75) is 6.92 Å². The van der Waals surface area contributed by atoms with Gasteiger partial charge in [-0.2, -0.15) is 0 Å². The Morgan fingerprint density at radius 2 is 2.00 bits per heavy atom. The summed E-state index contributed by atoms with van der Waals surface area (Å²) in [7, 11) is 3.00. The first-order chi connectivity index (χ1) is 10.1. The molecule has 0 aliphatic rings. The van der Waals surface area contributed by atoms with E-state index in [-0.39, 0.29) is 5.75 Å². The first-order valence-electron chi connectivity index (χ1n) is 6.40. The first-order valence-corrected chi connectivity index (χ1v) is 6.40. The van der Waals surface area contributed by atoms with Crippen molar-refractivity contribution in [3.05, 3.63) is 30.1 Å². The minimum absolute atomic E-state index is 0.000428. The van der Waals surface area contributed by atoms with Crippen LogP contribution >= 0.6 is 0 Å². The molecule has 0 aliphatic carbocycles. The van der Waals surface area contributed by atoms with Gasteiger partial charge in [0.25, 0.3) is 0 Å². The summed E-state index contributed by atoms with van der Waals surface area (Å²) in [6.07, 6.45) is 3.51. The number of aromatic amines is 1. The van der Waals surface area contributed by atoms with Gasteiger partial charge in [-0.05, 0) is 24.6 Å². The second-order valence-electron chi connectivity index (χ2n) is 4.66. The summed E-state index contributed by atoms with van der Waals surface area (Å²) in [6.45, 7) is 1.96. The average Bonchev–Trinajstić information content (AvgIpc) is 2.87. The van der Waals surface area contributed by atoms with Crippen LogP contribution in [0, 0.1) is 6.92 Å². The van der Waals surface area contributed by atoms with Crippen LogP contribution in [0.25, 0.3) is 22.4 Å². The molecule has 3 rings (SSSR count). The number of nitrogens with one attached hydrogen (secondary N) is 1. The first kappa shape index (κ1) is 13.2. The molecule has 6 nitrogen and oxygen atoms in total. The second kappa shape index (κ2) is 4.97. The van der Waals surface area contributed by atoms with Gasteiger partial charge in [0, 0.05) is 11.8 Å². The number of aryl methyl sites for hydroxylation is 1. The maximum absolute atomic E-state index is 10.0. The van der Waals surface area contributed by atoms with E-state index in [0.29, 0.717) is 22.8 Å². The quantitative estimate of drug-likeness (QED) is 0.773. The highest BCUT2D eigenvalue weighted by Crippen LogP contribution is 2.40. The minimum atomic E-state index is -0.000428. The Morgan fingerprint density at radius 3 is 2.71 bits per heavy atom. The van der Waals surface area contributed by atoms with Crippen LogP contribution in [0.15, 0.2) is 24.5 Å². The van der Waals surface area contributed by atoms with Crippen molar-refractivity contribution in [1.82, 2.24) is 15.0 Å². The van der Waals surface area contributed by atoms with Crippen LogP contribution in [0.1, 0.15) is 5.56 Å². The number of phenolic OH excluding ortho intramolecular Hbond substituents is 1. The second-order valence-corrected chi connectivity index (χ2v) is 4.66. The molecule has 0 saturated heterocycles. The van der Waals surface area contributed by atoms with Gasteiger partial charge in [0.2, 0.25) is 5.75 Å². The molecule has 2 heterocycles. The summed E-state index contributed by atoms with van der Waals surface area (Å²) in [5.41, 5.74) is 3.92. The zero-order valence-electron chi connectivity index (χ0n) is 12.0. The average molecular weight is 285 g/mol. The van der Waals surface area contributed by atoms with E-state index in [1.807, 2.05) is 13.1 Å². The van der Waals surface area contributed by atoms with E-state index < -0.39 is 0 Å². The molecular weight excluding hydrogens is 270 g/mol. The van der Waals surface area contributed by atoms with Crippen molar-refractivity contribution in [1.29, 1.82) is 0 Å². The monoisotopic (exact) mass is 285 g/mol. The van der Waals surface area contributed by atoms with Gasteiger partial charge in [-0.3, -0.25) is 0 Å². The van der Waals surface area contributed by atoms with E-state index in [1.165, 1.54) is 14.2 Å². The van der Waals surface area contributed by atoms with Gasteiger partial charge in [-0.1, -0.05) is 0 Å². The molecule has 108 valence electrons. The molecule has 0 aliphatic heterocycles. The number of phenols is 1. The molecule has 0 amide bonds. The van der Waals surface area contributed by atoms with E-state index >= 15 is 0 Å². The number of hydrogen-bond donors (Lipinski definition) is 2. The number of nitrogens with zero attached hydrogens (tertiary/aromatic N) is 2. The fraction of sp³-hybridized carbons (Fsp3) is 0.200. The Labute approximate surface area is 121 Å². The lowest BCUT2D eigenvalue weighted by Crippen LogP contribution is -1.93. The van der Waals surface area contributed by atoms with E-state index in [4.69, 9.17) is 9.47 Å². The highest BCUT2D eigenvalue weighted by atomic mass is 16.5. The minimum Gasteiger partial charge on any atom is -0.504 e. The third kappa shape index (κ3) is 2.14. The number of rotatable bonds is 3. The summed E-state index contributed by atoms with van der Waals surface area (Å²) >= 11 is 0. The predicted molar refractivity (Wildman–Crippen MR) is 78.8 cm³/mol. The predicted octanol–water partition coefficient (Wildman–Crippen LogP) is 2.66. The summed E-state index contributed by atoms with van der Waals surface area (Å²) < 4.78 is 10.4. The van der Waals surface area contributed by atoms with Crippen LogP contribution in [0.2, 0.25) is 0 Å². The van der Waals surface area contributed by atoms with E-state index in [2.05, 4.69) is 15.0 Å². The highest BCUT2D eigenvalue weighted by Gasteiger charge is 2.14. The Balaban J connectivity index is 2.17. The number of hydrogen-bond acceptors (Lipinski definition) is 5. The number of aromatic hydroxyl groups is 1. The smallest absolute Gasteiger partial charge is 0.203 e. The molecular formula is C15H15N3O3. The molecule has 21 heavy (non-hydrogen) atoms. The summed E-state index contributed by atoms with van der Waals surface area (Å²) in [4.78, 5) is 12.0. The van der Waals surface area contributed by atoms with Crippen molar-refractivity contribution in [3.63, 3.8) is 0 Å². The van der Waals surface area contributed by atoms with Gasteiger partial charge in [0.1, 0.15) is 5.52 Å². The van der Waals surface area contributed by atoms with Gasteiger partial charge in [0.15, 0.2) is 17.1 Å². The van der Waals surface area contributed by atoms with Gasteiger partial charge in [-0.25, -0.2) is 9.97 Å². The zero-order valence-corrected chi connectivity index (χ0v) is 12.0.